The fourth-order valence-corrected chi connectivity index (χ4v) is 6.54. The molecule has 0 radical (unpaired) electrons. The van der Waals surface area contributed by atoms with Crippen LogP contribution in [-0.2, 0) is 44.3 Å². The van der Waals surface area contributed by atoms with Crippen LogP contribution < -0.4 is 16.4 Å². The quantitative estimate of drug-likeness (QED) is 0.280. The zero-order chi connectivity index (χ0) is 30.4. The van der Waals surface area contributed by atoms with E-state index in [1.54, 1.807) is 44.9 Å². The molecule has 5 aromatic rings. The van der Waals surface area contributed by atoms with Crippen LogP contribution >= 0.6 is 0 Å². The molecule has 2 aliphatic rings. The Morgan fingerprint density at radius 2 is 1.93 bits per heavy atom. The van der Waals surface area contributed by atoms with Crippen molar-refractivity contribution in [3.05, 3.63) is 92.3 Å². The largest absolute Gasteiger partial charge is 0.392 e. The highest BCUT2D eigenvalue weighted by molar-refractivity contribution is 5.73. The molecule has 1 aliphatic carbocycles. The third kappa shape index (κ3) is 4.94. The van der Waals surface area contributed by atoms with Gasteiger partial charge in [-0.1, -0.05) is 0 Å². The van der Waals surface area contributed by atoms with E-state index in [0.717, 1.165) is 57.6 Å². The van der Waals surface area contributed by atoms with E-state index < -0.39 is 0 Å². The van der Waals surface area contributed by atoms with Crippen molar-refractivity contribution in [1.82, 2.24) is 33.2 Å². The van der Waals surface area contributed by atoms with Crippen LogP contribution in [0.15, 0.2) is 58.6 Å². The number of hydrogen-bond donors (Lipinski definition) is 2. The fourth-order valence-electron chi connectivity index (χ4n) is 6.54. The van der Waals surface area contributed by atoms with E-state index in [0.29, 0.717) is 46.1 Å². The lowest BCUT2D eigenvalue weighted by atomic mass is 9.98. The van der Waals surface area contributed by atoms with Crippen LogP contribution in [0.3, 0.4) is 0 Å². The number of ether oxygens (including phenoxy) is 1. The second-order valence-electron chi connectivity index (χ2n) is 11.6. The maximum Gasteiger partial charge on any atom is 0.280 e. The Balaban J connectivity index is 1.24. The maximum absolute atomic E-state index is 13.7. The summed E-state index contributed by atoms with van der Waals surface area (Å²) in [5, 5.41) is 18.5. The SMILES string of the molecule is COCCN1CCn2nc(Nc3cc(-c4ccnc(-n5ccn6c7c(cc6c5=O)CCCC7)c4CO)cn(C)c3=O)cc2C1. The zero-order valence-corrected chi connectivity index (χ0v) is 25.0. The lowest BCUT2D eigenvalue weighted by Gasteiger charge is -2.26. The Bertz CT molecular complexity index is 1980. The summed E-state index contributed by atoms with van der Waals surface area (Å²) in [6, 6.07) is 7.52. The molecular weight excluding hydrogens is 560 g/mol. The number of nitrogens with zero attached hydrogens (tertiary/aromatic N) is 7. The Morgan fingerprint density at radius 1 is 1.07 bits per heavy atom. The summed E-state index contributed by atoms with van der Waals surface area (Å²) in [5.74, 6) is 0.954. The zero-order valence-electron chi connectivity index (χ0n) is 25.0. The van der Waals surface area contributed by atoms with Gasteiger partial charge in [0.1, 0.15) is 17.0 Å². The first-order valence-corrected chi connectivity index (χ1v) is 15.0. The molecule has 0 bridgehead atoms. The Kier molecular flexibility index (Phi) is 7.40. The van der Waals surface area contributed by atoms with Crippen LogP contribution in [-0.4, -0.2) is 65.1 Å². The molecule has 12 nitrogen and oxygen atoms in total. The van der Waals surface area contributed by atoms with E-state index in [4.69, 9.17) is 4.74 Å². The van der Waals surface area contributed by atoms with Gasteiger partial charge >= 0.3 is 0 Å². The Morgan fingerprint density at radius 3 is 2.77 bits per heavy atom. The molecule has 1 aliphatic heterocycles. The Labute approximate surface area is 253 Å². The van der Waals surface area contributed by atoms with Crippen molar-refractivity contribution in [2.24, 2.45) is 7.05 Å². The number of methoxy groups -OCH3 is 1. The molecule has 44 heavy (non-hydrogen) atoms. The first-order valence-electron chi connectivity index (χ1n) is 15.0. The molecule has 0 spiro atoms. The Hall–Kier alpha value is -4.52. The predicted molar refractivity (Wildman–Crippen MR) is 167 cm³/mol. The molecular formula is C32H36N8O4. The number of hydrogen-bond acceptors (Lipinski definition) is 8. The molecule has 2 N–H and O–H groups in total. The minimum absolute atomic E-state index is 0.186. The average molecular weight is 597 g/mol. The summed E-state index contributed by atoms with van der Waals surface area (Å²) in [7, 11) is 3.39. The summed E-state index contributed by atoms with van der Waals surface area (Å²) in [4.78, 5) is 33.8. The molecule has 0 saturated carbocycles. The van der Waals surface area contributed by atoms with Crippen molar-refractivity contribution in [2.45, 2.75) is 45.4 Å². The van der Waals surface area contributed by atoms with E-state index in [-0.39, 0.29) is 17.7 Å². The fraction of sp³-hybridized carbons (Fsp3) is 0.375. The van der Waals surface area contributed by atoms with Gasteiger partial charge in [0.25, 0.3) is 11.1 Å². The van der Waals surface area contributed by atoms with Crippen molar-refractivity contribution in [1.29, 1.82) is 0 Å². The van der Waals surface area contributed by atoms with E-state index in [1.165, 1.54) is 20.4 Å². The third-order valence-corrected chi connectivity index (χ3v) is 8.81. The molecule has 228 valence electrons. The number of aliphatic hydroxyl groups excluding tert-OH is 1. The molecule has 6 heterocycles. The summed E-state index contributed by atoms with van der Waals surface area (Å²) in [6.07, 6.45) is 11.2. The van der Waals surface area contributed by atoms with Gasteiger partial charge in [-0.05, 0) is 55.0 Å². The van der Waals surface area contributed by atoms with Gasteiger partial charge in [-0.2, -0.15) is 5.10 Å². The second kappa shape index (κ2) is 11.5. The smallest absolute Gasteiger partial charge is 0.280 e. The first-order chi connectivity index (χ1) is 21.4. The minimum Gasteiger partial charge on any atom is -0.392 e. The van der Waals surface area contributed by atoms with Crippen molar-refractivity contribution in [3.8, 4) is 16.9 Å². The normalized spacial score (nSPS) is 15.0. The molecule has 0 aromatic carbocycles. The van der Waals surface area contributed by atoms with Gasteiger partial charge in [0.05, 0.1) is 25.5 Å². The molecule has 0 fully saturated rings. The molecule has 5 aromatic heterocycles. The van der Waals surface area contributed by atoms with Crippen LogP contribution in [0.4, 0.5) is 11.5 Å². The maximum atomic E-state index is 13.7. The molecule has 0 unspecified atom stereocenters. The van der Waals surface area contributed by atoms with Crippen molar-refractivity contribution >= 4 is 17.0 Å². The lowest BCUT2D eigenvalue weighted by molar-refractivity contribution is 0.129. The van der Waals surface area contributed by atoms with Gasteiger partial charge in [0, 0.05) is 81.5 Å². The van der Waals surface area contributed by atoms with E-state index in [2.05, 4.69) is 20.3 Å². The van der Waals surface area contributed by atoms with E-state index >= 15 is 0 Å². The van der Waals surface area contributed by atoms with Crippen LogP contribution in [0, 0.1) is 0 Å². The van der Waals surface area contributed by atoms with Gasteiger partial charge in [-0.15, -0.1) is 0 Å². The number of aryl methyl sites for hydroxylation is 3. The number of anilines is 2. The van der Waals surface area contributed by atoms with Crippen molar-refractivity contribution in [3.63, 3.8) is 0 Å². The summed E-state index contributed by atoms with van der Waals surface area (Å²) in [6.45, 7) is 3.58. The molecule has 7 rings (SSSR count). The second-order valence-corrected chi connectivity index (χ2v) is 11.6. The van der Waals surface area contributed by atoms with Crippen molar-refractivity contribution in [2.75, 3.05) is 32.1 Å². The van der Waals surface area contributed by atoms with Crippen LogP contribution in [0.2, 0.25) is 0 Å². The highest BCUT2D eigenvalue weighted by Gasteiger charge is 2.21. The summed E-state index contributed by atoms with van der Waals surface area (Å²) in [5.41, 5.74) is 5.93. The monoisotopic (exact) mass is 596 g/mol. The van der Waals surface area contributed by atoms with Gasteiger partial charge in [0.15, 0.2) is 5.82 Å². The van der Waals surface area contributed by atoms with Crippen molar-refractivity contribution < 1.29 is 9.84 Å². The average Bonchev–Trinajstić information content (AvgIpc) is 3.63. The lowest BCUT2D eigenvalue weighted by Crippen LogP contribution is -2.35. The van der Waals surface area contributed by atoms with Gasteiger partial charge in [-0.3, -0.25) is 23.7 Å². The summed E-state index contributed by atoms with van der Waals surface area (Å²) < 4.78 is 12.2. The number of pyridine rings is 2. The van der Waals surface area contributed by atoms with Gasteiger partial charge in [0.2, 0.25) is 0 Å². The first kappa shape index (κ1) is 28.3. The topological polar surface area (TPSA) is 124 Å². The number of aromatic nitrogens is 6. The number of fused-ring (bicyclic) bond motifs is 4. The van der Waals surface area contributed by atoms with Crippen LogP contribution in [0.5, 0.6) is 0 Å². The molecule has 0 saturated heterocycles. The number of nitrogens with one attached hydrogen (secondary N) is 1. The van der Waals surface area contributed by atoms with Crippen LogP contribution in [0.1, 0.15) is 35.4 Å². The van der Waals surface area contributed by atoms with Gasteiger partial charge in [-0.25, -0.2) is 4.98 Å². The number of rotatable bonds is 8. The number of aliphatic hydroxyl groups is 1. The summed E-state index contributed by atoms with van der Waals surface area (Å²) >= 11 is 0. The predicted octanol–water partition coefficient (Wildman–Crippen LogP) is 2.62. The van der Waals surface area contributed by atoms with E-state index in [9.17, 15) is 14.7 Å². The minimum atomic E-state index is -0.341. The highest BCUT2D eigenvalue weighted by Crippen LogP contribution is 2.29. The third-order valence-electron chi connectivity index (χ3n) is 8.81. The van der Waals surface area contributed by atoms with E-state index in [1.807, 2.05) is 27.4 Å². The van der Waals surface area contributed by atoms with Crippen LogP contribution in [0.25, 0.3) is 22.5 Å². The standard InChI is InChI=1S/C32H36N8O4/c1-36-18-22(15-26(31(36)42)34-29-17-23-19-37(13-14-44-2)9-12-40(23)35-29)24-7-8-33-30(25(24)20-41)39-11-10-38-27-6-4-3-5-21(27)16-28(38)32(39)43/h7-8,10-11,15-18,41H,3-6,9,12-14,19-20H2,1-2H3,(H,34,35). The molecule has 12 heteroatoms. The molecule has 0 atom stereocenters. The molecule has 0 amide bonds. The highest BCUT2D eigenvalue weighted by atomic mass is 16.5. The van der Waals surface area contributed by atoms with Gasteiger partial charge < -0.3 is 24.1 Å².